The maximum Gasteiger partial charge on any atom is 0.258 e. The summed E-state index contributed by atoms with van der Waals surface area (Å²) in [5.74, 6) is -0.585. The van der Waals surface area contributed by atoms with Crippen molar-refractivity contribution in [2.24, 2.45) is 5.73 Å². The van der Waals surface area contributed by atoms with Crippen molar-refractivity contribution in [3.05, 3.63) is 76.3 Å². The summed E-state index contributed by atoms with van der Waals surface area (Å²) in [5, 5.41) is 0. The second-order valence-electron chi connectivity index (χ2n) is 6.74. The predicted octanol–water partition coefficient (Wildman–Crippen LogP) is 2.06. The first kappa shape index (κ1) is 16.3. The molecular weight excluding hydrogens is 328 g/mol. The Bertz CT molecular complexity index is 1040. The SMILES string of the molecule is CC1CC(C(N)=O)c2ccccc2N1Cc1cc(=O)n2ccccc2n1. The van der Waals surface area contributed by atoms with Crippen LogP contribution in [-0.4, -0.2) is 21.3 Å². The Morgan fingerprint density at radius 3 is 2.81 bits per heavy atom. The van der Waals surface area contributed by atoms with Crippen LogP contribution in [0.3, 0.4) is 0 Å². The van der Waals surface area contributed by atoms with Gasteiger partial charge in [-0.25, -0.2) is 4.98 Å². The fourth-order valence-electron chi connectivity index (χ4n) is 3.75. The van der Waals surface area contributed by atoms with Gasteiger partial charge in [-0.15, -0.1) is 0 Å². The van der Waals surface area contributed by atoms with Gasteiger partial charge in [0.25, 0.3) is 5.56 Å². The van der Waals surface area contributed by atoms with E-state index in [1.165, 1.54) is 4.40 Å². The Morgan fingerprint density at radius 2 is 2.00 bits per heavy atom. The van der Waals surface area contributed by atoms with Gasteiger partial charge in [-0.1, -0.05) is 24.3 Å². The molecule has 1 aliphatic rings. The second-order valence-corrected chi connectivity index (χ2v) is 6.74. The number of aromatic nitrogens is 2. The Morgan fingerprint density at radius 1 is 1.23 bits per heavy atom. The van der Waals surface area contributed by atoms with Gasteiger partial charge in [0.15, 0.2) is 0 Å². The zero-order valence-electron chi connectivity index (χ0n) is 14.5. The molecule has 6 heteroatoms. The van der Waals surface area contributed by atoms with E-state index in [0.717, 1.165) is 11.3 Å². The largest absolute Gasteiger partial charge is 0.369 e. The van der Waals surface area contributed by atoms with Crippen LogP contribution in [-0.2, 0) is 11.3 Å². The number of nitrogens with zero attached hydrogens (tertiary/aromatic N) is 3. The number of nitrogens with two attached hydrogens (primary N) is 1. The molecular formula is C20H20N4O2. The zero-order chi connectivity index (χ0) is 18.3. The number of fused-ring (bicyclic) bond motifs is 2. The van der Waals surface area contributed by atoms with Gasteiger partial charge in [0.1, 0.15) is 5.65 Å². The van der Waals surface area contributed by atoms with Gasteiger partial charge in [0, 0.05) is 24.0 Å². The van der Waals surface area contributed by atoms with Crippen LogP contribution in [0.5, 0.6) is 0 Å². The molecule has 1 aromatic carbocycles. The molecule has 0 fully saturated rings. The number of primary amides is 1. The molecule has 0 aliphatic carbocycles. The van der Waals surface area contributed by atoms with Crippen LogP contribution in [0.15, 0.2) is 59.5 Å². The van der Waals surface area contributed by atoms with Crippen molar-refractivity contribution >= 4 is 17.2 Å². The summed E-state index contributed by atoms with van der Waals surface area (Å²) in [4.78, 5) is 31.0. The molecule has 0 radical (unpaired) electrons. The molecule has 2 aromatic heterocycles. The maximum atomic E-state index is 12.4. The minimum atomic E-state index is -0.300. The van der Waals surface area contributed by atoms with Gasteiger partial charge in [-0.3, -0.25) is 14.0 Å². The monoisotopic (exact) mass is 348 g/mol. The van der Waals surface area contributed by atoms with Crippen molar-refractivity contribution in [1.29, 1.82) is 0 Å². The number of para-hydroxylation sites is 1. The summed E-state index contributed by atoms with van der Waals surface area (Å²) >= 11 is 0. The lowest BCUT2D eigenvalue weighted by Gasteiger charge is -2.39. The molecule has 0 saturated carbocycles. The highest BCUT2D eigenvalue weighted by atomic mass is 16.1. The highest BCUT2D eigenvalue weighted by Crippen LogP contribution is 2.38. The summed E-state index contributed by atoms with van der Waals surface area (Å²) in [6.45, 7) is 2.57. The Balaban J connectivity index is 1.75. The number of benzene rings is 1. The summed E-state index contributed by atoms with van der Waals surface area (Å²) in [6, 6.07) is 15.0. The summed E-state index contributed by atoms with van der Waals surface area (Å²) < 4.78 is 1.53. The molecule has 1 amide bonds. The first-order valence-corrected chi connectivity index (χ1v) is 8.67. The van der Waals surface area contributed by atoms with E-state index in [0.29, 0.717) is 24.3 Å². The summed E-state index contributed by atoms with van der Waals surface area (Å²) in [5.41, 5.74) is 8.77. The van der Waals surface area contributed by atoms with E-state index in [2.05, 4.69) is 16.8 Å². The molecule has 132 valence electrons. The van der Waals surface area contributed by atoms with Gasteiger partial charge in [0.05, 0.1) is 18.2 Å². The van der Waals surface area contributed by atoms with Crippen molar-refractivity contribution in [1.82, 2.24) is 9.38 Å². The molecule has 2 N–H and O–H groups in total. The number of carbonyl (C=O) groups excluding carboxylic acids is 1. The van der Waals surface area contributed by atoms with Crippen LogP contribution in [0.4, 0.5) is 5.69 Å². The van der Waals surface area contributed by atoms with E-state index in [1.54, 1.807) is 12.3 Å². The number of rotatable bonds is 3. The fraction of sp³-hybridized carbons (Fsp3) is 0.250. The molecule has 3 heterocycles. The molecule has 2 unspecified atom stereocenters. The Hall–Kier alpha value is -3.15. The highest BCUT2D eigenvalue weighted by Gasteiger charge is 2.33. The first-order valence-electron chi connectivity index (χ1n) is 8.67. The van der Waals surface area contributed by atoms with E-state index in [1.807, 2.05) is 42.5 Å². The minimum absolute atomic E-state index is 0.0986. The lowest BCUT2D eigenvalue weighted by atomic mass is 9.85. The maximum absolute atomic E-state index is 12.4. The number of carbonyl (C=O) groups is 1. The molecule has 6 nitrogen and oxygen atoms in total. The number of hydrogen-bond acceptors (Lipinski definition) is 4. The van der Waals surface area contributed by atoms with E-state index in [4.69, 9.17) is 5.73 Å². The minimum Gasteiger partial charge on any atom is -0.369 e. The quantitative estimate of drug-likeness (QED) is 0.786. The topological polar surface area (TPSA) is 80.7 Å². The lowest BCUT2D eigenvalue weighted by Crippen LogP contribution is -2.41. The molecule has 0 saturated heterocycles. The molecule has 3 aromatic rings. The van der Waals surface area contributed by atoms with Crippen LogP contribution < -0.4 is 16.2 Å². The van der Waals surface area contributed by atoms with E-state index in [-0.39, 0.29) is 23.4 Å². The Labute approximate surface area is 150 Å². The fourth-order valence-corrected chi connectivity index (χ4v) is 3.75. The number of anilines is 1. The van der Waals surface area contributed by atoms with E-state index in [9.17, 15) is 9.59 Å². The third kappa shape index (κ3) is 2.73. The number of pyridine rings is 1. The van der Waals surface area contributed by atoms with Crippen molar-refractivity contribution in [3.63, 3.8) is 0 Å². The van der Waals surface area contributed by atoms with E-state index < -0.39 is 0 Å². The van der Waals surface area contributed by atoms with Crippen LogP contribution in [0, 0.1) is 0 Å². The predicted molar refractivity (Wildman–Crippen MR) is 100 cm³/mol. The van der Waals surface area contributed by atoms with Crippen LogP contribution in [0.2, 0.25) is 0 Å². The van der Waals surface area contributed by atoms with Crippen molar-refractivity contribution in [3.8, 4) is 0 Å². The third-order valence-electron chi connectivity index (χ3n) is 5.03. The average Bonchev–Trinajstić information content (AvgIpc) is 2.63. The number of amides is 1. The van der Waals surface area contributed by atoms with Gasteiger partial charge >= 0.3 is 0 Å². The molecule has 26 heavy (non-hydrogen) atoms. The first-order chi connectivity index (χ1) is 12.5. The average molecular weight is 348 g/mol. The van der Waals surface area contributed by atoms with E-state index >= 15 is 0 Å². The van der Waals surface area contributed by atoms with Gasteiger partial charge in [0.2, 0.25) is 5.91 Å². The van der Waals surface area contributed by atoms with Crippen molar-refractivity contribution < 1.29 is 4.79 Å². The van der Waals surface area contributed by atoms with Gasteiger partial charge < -0.3 is 10.6 Å². The molecule has 0 bridgehead atoms. The third-order valence-corrected chi connectivity index (χ3v) is 5.03. The van der Waals surface area contributed by atoms with Crippen molar-refractivity contribution in [2.75, 3.05) is 4.90 Å². The van der Waals surface area contributed by atoms with Crippen LogP contribution >= 0.6 is 0 Å². The van der Waals surface area contributed by atoms with Crippen LogP contribution in [0.1, 0.15) is 30.5 Å². The summed E-state index contributed by atoms with van der Waals surface area (Å²) in [6.07, 6.45) is 2.36. The highest BCUT2D eigenvalue weighted by molar-refractivity contribution is 5.85. The lowest BCUT2D eigenvalue weighted by molar-refractivity contribution is -0.119. The van der Waals surface area contributed by atoms with Gasteiger partial charge in [-0.2, -0.15) is 0 Å². The normalized spacial score (nSPS) is 19.3. The molecule has 2 atom stereocenters. The van der Waals surface area contributed by atoms with Crippen LogP contribution in [0.25, 0.3) is 5.65 Å². The molecule has 0 spiro atoms. The van der Waals surface area contributed by atoms with Gasteiger partial charge in [-0.05, 0) is 37.1 Å². The van der Waals surface area contributed by atoms with Crippen molar-refractivity contribution in [2.45, 2.75) is 31.8 Å². The Kier molecular flexibility index (Phi) is 3.95. The molecule has 4 rings (SSSR count). The summed E-state index contributed by atoms with van der Waals surface area (Å²) in [7, 11) is 0. The molecule has 1 aliphatic heterocycles. The zero-order valence-corrected chi connectivity index (χ0v) is 14.5. The number of hydrogen-bond donors (Lipinski definition) is 1. The second kappa shape index (κ2) is 6.29. The standard InChI is InChI=1S/C20H20N4O2/c1-13-10-16(20(21)26)15-6-2-3-7-17(15)24(13)12-14-11-19(25)23-9-5-4-8-18(23)22-14/h2-9,11,13,16H,10,12H2,1H3,(H2,21,26). The smallest absolute Gasteiger partial charge is 0.258 e.